The number of rotatable bonds is 6. The van der Waals surface area contributed by atoms with Gasteiger partial charge in [0.05, 0.1) is 18.7 Å². The number of carbonyl (C=O) groups is 1. The lowest BCUT2D eigenvalue weighted by Crippen LogP contribution is -2.46. The van der Waals surface area contributed by atoms with Crippen LogP contribution >= 0.6 is 0 Å². The molecule has 0 radical (unpaired) electrons. The van der Waals surface area contributed by atoms with Crippen molar-refractivity contribution in [2.24, 2.45) is 11.8 Å². The maximum atomic E-state index is 12.7. The molecule has 0 aromatic heterocycles. The van der Waals surface area contributed by atoms with Gasteiger partial charge in [-0.3, -0.25) is 9.69 Å². The zero-order valence-electron chi connectivity index (χ0n) is 15.4. The van der Waals surface area contributed by atoms with Gasteiger partial charge in [-0.05, 0) is 56.6 Å². The lowest BCUT2D eigenvalue weighted by molar-refractivity contribution is -0.124. The molecule has 0 bridgehead atoms. The van der Waals surface area contributed by atoms with Gasteiger partial charge in [0, 0.05) is 6.54 Å². The molecule has 2 fully saturated rings. The first-order chi connectivity index (χ1) is 12.1. The zero-order chi connectivity index (χ0) is 17.6. The SMILES string of the molecule is CC(O)C1CCCN(CC(=O)NC(c2ccccc2)C2CCCC2)C1. The summed E-state index contributed by atoms with van der Waals surface area (Å²) in [6.45, 7) is 4.08. The van der Waals surface area contributed by atoms with Crippen LogP contribution in [0, 0.1) is 11.8 Å². The Morgan fingerprint density at radius 1 is 1.16 bits per heavy atom. The van der Waals surface area contributed by atoms with E-state index in [0.717, 1.165) is 25.9 Å². The second-order valence-electron chi connectivity index (χ2n) is 7.88. The van der Waals surface area contributed by atoms with Crippen molar-refractivity contribution in [3.05, 3.63) is 35.9 Å². The van der Waals surface area contributed by atoms with E-state index < -0.39 is 0 Å². The van der Waals surface area contributed by atoms with Crippen molar-refractivity contribution < 1.29 is 9.90 Å². The first-order valence-corrected chi connectivity index (χ1v) is 9.88. The van der Waals surface area contributed by atoms with Gasteiger partial charge < -0.3 is 10.4 Å². The highest BCUT2D eigenvalue weighted by molar-refractivity contribution is 5.78. The number of hydrogen-bond acceptors (Lipinski definition) is 3. The molecule has 0 spiro atoms. The van der Waals surface area contributed by atoms with E-state index in [0.29, 0.717) is 18.4 Å². The van der Waals surface area contributed by atoms with E-state index >= 15 is 0 Å². The summed E-state index contributed by atoms with van der Waals surface area (Å²) in [5.74, 6) is 0.964. The number of likely N-dealkylation sites (tertiary alicyclic amines) is 1. The number of hydrogen-bond donors (Lipinski definition) is 2. The lowest BCUT2D eigenvalue weighted by atomic mass is 9.91. The molecule has 4 heteroatoms. The number of carbonyl (C=O) groups excluding carboxylic acids is 1. The molecular formula is C21H32N2O2. The number of aliphatic hydroxyl groups excluding tert-OH is 1. The van der Waals surface area contributed by atoms with E-state index in [1.807, 2.05) is 13.0 Å². The number of nitrogens with one attached hydrogen (secondary N) is 1. The maximum Gasteiger partial charge on any atom is 0.234 e. The van der Waals surface area contributed by atoms with Gasteiger partial charge in [-0.1, -0.05) is 43.2 Å². The molecule has 1 saturated carbocycles. The Morgan fingerprint density at radius 3 is 2.52 bits per heavy atom. The van der Waals surface area contributed by atoms with Crippen LogP contribution in [0.3, 0.4) is 0 Å². The summed E-state index contributed by atoms with van der Waals surface area (Å²) in [6.07, 6.45) is 6.78. The van der Waals surface area contributed by atoms with E-state index in [1.54, 1.807) is 0 Å². The molecule has 3 rings (SSSR count). The second-order valence-corrected chi connectivity index (χ2v) is 7.88. The van der Waals surface area contributed by atoms with Crippen LogP contribution in [0.15, 0.2) is 30.3 Å². The molecule has 1 aromatic rings. The van der Waals surface area contributed by atoms with Crippen LogP contribution in [0.2, 0.25) is 0 Å². The molecule has 1 heterocycles. The summed E-state index contributed by atoms with van der Waals surface area (Å²) < 4.78 is 0. The van der Waals surface area contributed by atoms with Crippen LogP contribution in [-0.2, 0) is 4.79 Å². The van der Waals surface area contributed by atoms with Gasteiger partial charge in [-0.15, -0.1) is 0 Å². The van der Waals surface area contributed by atoms with Crippen molar-refractivity contribution in [2.75, 3.05) is 19.6 Å². The molecule has 1 amide bonds. The van der Waals surface area contributed by atoms with Crippen LogP contribution < -0.4 is 5.32 Å². The zero-order valence-corrected chi connectivity index (χ0v) is 15.4. The molecule has 2 N–H and O–H groups in total. The summed E-state index contributed by atoms with van der Waals surface area (Å²) >= 11 is 0. The highest BCUT2D eigenvalue weighted by Gasteiger charge is 2.29. The van der Waals surface area contributed by atoms with Crippen molar-refractivity contribution in [1.82, 2.24) is 10.2 Å². The van der Waals surface area contributed by atoms with Crippen molar-refractivity contribution in [3.8, 4) is 0 Å². The summed E-state index contributed by atoms with van der Waals surface area (Å²) in [6, 6.07) is 10.5. The molecule has 25 heavy (non-hydrogen) atoms. The Kier molecular flexibility index (Phi) is 6.49. The molecule has 1 aromatic carbocycles. The van der Waals surface area contributed by atoms with E-state index in [4.69, 9.17) is 0 Å². The average molecular weight is 344 g/mol. The predicted octanol–water partition coefficient (Wildman–Crippen LogP) is 3.13. The number of nitrogens with zero attached hydrogens (tertiary/aromatic N) is 1. The molecule has 1 saturated heterocycles. The van der Waals surface area contributed by atoms with Crippen LogP contribution in [0.5, 0.6) is 0 Å². The molecule has 138 valence electrons. The Bertz CT molecular complexity index is 540. The smallest absolute Gasteiger partial charge is 0.234 e. The van der Waals surface area contributed by atoms with Crippen molar-refractivity contribution >= 4 is 5.91 Å². The fourth-order valence-corrected chi connectivity index (χ4v) is 4.48. The van der Waals surface area contributed by atoms with Crippen LogP contribution in [-0.4, -0.2) is 41.7 Å². The predicted molar refractivity (Wildman–Crippen MR) is 100 cm³/mol. The highest BCUT2D eigenvalue weighted by Crippen LogP contribution is 2.35. The maximum absolute atomic E-state index is 12.7. The number of aliphatic hydroxyl groups is 1. The monoisotopic (exact) mass is 344 g/mol. The number of benzene rings is 1. The van der Waals surface area contributed by atoms with Crippen molar-refractivity contribution in [1.29, 1.82) is 0 Å². The highest BCUT2D eigenvalue weighted by atomic mass is 16.3. The molecule has 3 unspecified atom stereocenters. The molecular weight excluding hydrogens is 312 g/mol. The fraction of sp³-hybridized carbons (Fsp3) is 0.667. The third-order valence-electron chi connectivity index (χ3n) is 5.94. The Morgan fingerprint density at radius 2 is 1.84 bits per heavy atom. The minimum absolute atomic E-state index is 0.118. The van der Waals surface area contributed by atoms with Gasteiger partial charge in [0.25, 0.3) is 0 Å². The van der Waals surface area contributed by atoms with E-state index in [9.17, 15) is 9.90 Å². The number of piperidine rings is 1. The van der Waals surface area contributed by atoms with Gasteiger partial charge in [-0.25, -0.2) is 0 Å². The van der Waals surface area contributed by atoms with E-state index in [2.05, 4.69) is 34.5 Å². The fourth-order valence-electron chi connectivity index (χ4n) is 4.48. The van der Waals surface area contributed by atoms with E-state index in [-0.39, 0.29) is 18.1 Å². The van der Waals surface area contributed by atoms with Gasteiger partial charge in [-0.2, -0.15) is 0 Å². The summed E-state index contributed by atoms with van der Waals surface area (Å²) in [5.41, 5.74) is 1.23. The van der Waals surface area contributed by atoms with Gasteiger partial charge >= 0.3 is 0 Å². The minimum Gasteiger partial charge on any atom is -0.393 e. The summed E-state index contributed by atoms with van der Waals surface area (Å²) in [4.78, 5) is 14.9. The lowest BCUT2D eigenvalue weighted by Gasteiger charge is -2.34. The standard InChI is InChI=1S/C21H32N2O2/c1-16(24)19-12-7-13-23(14-19)15-20(25)22-21(18-10-5-6-11-18)17-8-3-2-4-9-17/h2-4,8-9,16,18-19,21,24H,5-7,10-15H2,1H3,(H,22,25). The van der Waals surface area contributed by atoms with E-state index in [1.165, 1.54) is 31.2 Å². The summed E-state index contributed by atoms with van der Waals surface area (Å²) in [5, 5.41) is 13.2. The quantitative estimate of drug-likeness (QED) is 0.834. The van der Waals surface area contributed by atoms with Gasteiger partial charge in [0.1, 0.15) is 0 Å². The molecule has 2 aliphatic rings. The van der Waals surface area contributed by atoms with Crippen LogP contribution in [0.4, 0.5) is 0 Å². The Hall–Kier alpha value is -1.39. The van der Waals surface area contributed by atoms with Gasteiger partial charge in [0.15, 0.2) is 0 Å². The largest absolute Gasteiger partial charge is 0.393 e. The topological polar surface area (TPSA) is 52.6 Å². The molecule has 1 aliphatic heterocycles. The third kappa shape index (κ3) is 5.05. The molecule has 3 atom stereocenters. The van der Waals surface area contributed by atoms with Gasteiger partial charge in [0.2, 0.25) is 5.91 Å². The molecule has 1 aliphatic carbocycles. The molecule has 4 nitrogen and oxygen atoms in total. The van der Waals surface area contributed by atoms with Crippen molar-refractivity contribution in [2.45, 2.75) is 57.6 Å². The average Bonchev–Trinajstić information content (AvgIpc) is 3.15. The number of amides is 1. The minimum atomic E-state index is -0.290. The Labute approximate surface area is 151 Å². The normalized spacial score (nSPS) is 24.8. The second kappa shape index (κ2) is 8.81. The van der Waals surface area contributed by atoms with Crippen molar-refractivity contribution in [3.63, 3.8) is 0 Å². The summed E-state index contributed by atoms with van der Waals surface area (Å²) in [7, 11) is 0. The third-order valence-corrected chi connectivity index (χ3v) is 5.94. The Balaban J connectivity index is 1.60. The first kappa shape index (κ1) is 18.4. The first-order valence-electron chi connectivity index (χ1n) is 9.88. The van der Waals surface area contributed by atoms with Crippen LogP contribution in [0.1, 0.15) is 57.1 Å². The van der Waals surface area contributed by atoms with Crippen LogP contribution in [0.25, 0.3) is 0 Å².